The van der Waals surface area contributed by atoms with Crippen molar-refractivity contribution in [2.24, 2.45) is 5.92 Å². The van der Waals surface area contributed by atoms with Gasteiger partial charge in [-0.3, -0.25) is 9.59 Å². The summed E-state index contributed by atoms with van der Waals surface area (Å²) in [5.41, 5.74) is 0. The highest BCUT2D eigenvalue weighted by Crippen LogP contribution is 2.25. The predicted molar refractivity (Wildman–Crippen MR) is 77.8 cm³/mol. The molecule has 1 saturated carbocycles. The maximum absolute atomic E-state index is 12.0. The van der Waals surface area contributed by atoms with Crippen molar-refractivity contribution in [2.75, 3.05) is 13.1 Å². The quantitative estimate of drug-likeness (QED) is 0.675. The average molecular weight is 299 g/mol. The summed E-state index contributed by atoms with van der Waals surface area (Å²) in [6.07, 6.45) is 1.68. The summed E-state index contributed by atoms with van der Waals surface area (Å²) < 4.78 is 0. The molecule has 1 rings (SSSR count). The molecule has 120 valence electrons. The van der Waals surface area contributed by atoms with Crippen molar-refractivity contribution in [3.8, 4) is 0 Å². The van der Waals surface area contributed by atoms with Gasteiger partial charge in [-0.25, -0.2) is 4.79 Å². The number of amides is 3. The number of nitrogens with one attached hydrogen (secondary N) is 2. The van der Waals surface area contributed by atoms with Gasteiger partial charge >= 0.3 is 12.0 Å². The molecule has 21 heavy (non-hydrogen) atoms. The van der Waals surface area contributed by atoms with E-state index in [1.165, 1.54) is 0 Å². The van der Waals surface area contributed by atoms with E-state index < -0.39 is 18.0 Å². The van der Waals surface area contributed by atoms with Crippen molar-refractivity contribution in [1.82, 2.24) is 15.5 Å². The van der Waals surface area contributed by atoms with E-state index in [4.69, 9.17) is 5.11 Å². The van der Waals surface area contributed by atoms with Gasteiger partial charge in [-0.2, -0.15) is 0 Å². The second-order valence-corrected chi connectivity index (χ2v) is 5.40. The molecular weight excluding hydrogens is 274 g/mol. The summed E-state index contributed by atoms with van der Waals surface area (Å²) in [5.74, 6) is -1.32. The third kappa shape index (κ3) is 4.91. The Bertz CT molecular complexity index is 396. The third-order valence-corrected chi connectivity index (χ3v) is 3.91. The van der Waals surface area contributed by atoms with E-state index in [9.17, 15) is 14.4 Å². The molecule has 0 aliphatic heterocycles. The molecule has 0 heterocycles. The van der Waals surface area contributed by atoms with Gasteiger partial charge in [-0.05, 0) is 40.0 Å². The van der Waals surface area contributed by atoms with Gasteiger partial charge in [0.05, 0.1) is 5.92 Å². The Labute approximate surface area is 125 Å². The van der Waals surface area contributed by atoms with Crippen molar-refractivity contribution in [2.45, 2.75) is 52.1 Å². The number of carboxylic acids is 1. The molecule has 3 amide bonds. The highest BCUT2D eigenvalue weighted by atomic mass is 16.4. The molecule has 0 saturated heterocycles. The lowest BCUT2D eigenvalue weighted by Gasteiger charge is -2.24. The van der Waals surface area contributed by atoms with E-state index >= 15 is 0 Å². The van der Waals surface area contributed by atoms with Crippen LogP contribution in [0.4, 0.5) is 4.79 Å². The minimum Gasteiger partial charge on any atom is -0.481 e. The number of likely N-dealkylation sites (N-methyl/N-ethyl adjacent to an activating group) is 1. The molecular formula is C14H25N3O4. The first-order chi connectivity index (χ1) is 9.88. The van der Waals surface area contributed by atoms with Crippen molar-refractivity contribution >= 4 is 17.9 Å². The summed E-state index contributed by atoms with van der Waals surface area (Å²) in [6, 6.07) is -1.15. The van der Waals surface area contributed by atoms with Gasteiger partial charge in [0.15, 0.2) is 0 Å². The first kappa shape index (κ1) is 17.3. The van der Waals surface area contributed by atoms with Crippen molar-refractivity contribution in [1.29, 1.82) is 0 Å². The monoisotopic (exact) mass is 299 g/mol. The van der Waals surface area contributed by atoms with Crippen LogP contribution >= 0.6 is 0 Å². The molecule has 0 aromatic carbocycles. The Kier molecular flexibility index (Phi) is 6.45. The number of urea groups is 1. The molecule has 1 aliphatic rings. The largest absolute Gasteiger partial charge is 0.481 e. The smallest absolute Gasteiger partial charge is 0.315 e. The third-order valence-electron chi connectivity index (χ3n) is 3.91. The van der Waals surface area contributed by atoms with Gasteiger partial charge in [-0.15, -0.1) is 0 Å². The molecule has 1 unspecified atom stereocenters. The molecule has 0 radical (unpaired) electrons. The van der Waals surface area contributed by atoms with E-state index in [0.717, 1.165) is 0 Å². The van der Waals surface area contributed by atoms with Crippen LogP contribution < -0.4 is 10.6 Å². The standard InChI is InChI=1S/C14H25N3O4/c1-4-17(5-2)12(18)9(3)15-14(21)16-11-7-6-10(8-11)13(19)20/h9-11H,4-8H2,1-3H3,(H,19,20)(H2,15,16,21)/t9?,10-,11+/m1/s1. The second kappa shape index (κ2) is 7.85. The lowest BCUT2D eigenvalue weighted by molar-refractivity contribution is -0.141. The summed E-state index contributed by atoms with van der Waals surface area (Å²) >= 11 is 0. The van der Waals surface area contributed by atoms with E-state index in [-0.39, 0.29) is 17.9 Å². The molecule has 7 nitrogen and oxygen atoms in total. The zero-order chi connectivity index (χ0) is 16.0. The van der Waals surface area contributed by atoms with Crippen LogP contribution in [0.1, 0.15) is 40.0 Å². The molecule has 7 heteroatoms. The number of nitrogens with zero attached hydrogens (tertiary/aromatic N) is 1. The normalized spacial score (nSPS) is 22.4. The van der Waals surface area contributed by atoms with Crippen molar-refractivity contribution in [3.05, 3.63) is 0 Å². The number of carboxylic acid groups (broad SMARTS) is 1. The minimum atomic E-state index is -0.815. The van der Waals surface area contributed by atoms with Crippen LogP contribution in [0.3, 0.4) is 0 Å². The summed E-state index contributed by atoms with van der Waals surface area (Å²) in [4.78, 5) is 36.4. The van der Waals surface area contributed by atoms with Crippen LogP contribution in [0.25, 0.3) is 0 Å². The maximum atomic E-state index is 12.0. The summed E-state index contributed by atoms with van der Waals surface area (Å²) in [7, 11) is 0. The fraction of sp³-hybridized carbons (Fsp3) is 0.786. The average Bonchev–Trinajstić information content (AvgIpc) is 2.88. The van der Waals surface area contributed by atoms with E-state index in [2.05, 4.69) is 10.6 Å². The molecule has 3 N–H and O–H groups in total. The zero-order valence-electron chi connectivity index (χ0n) is 12.9. The molecule has 0 aromatic heterocycles. The minimum absolute atomic E-state index is 0.120. The Morgan fingerprint density at radius 1 is 1.24 bits per heavy atom. The molecule has 0 bridgehead atoms. The van der Waals surface area contributed by atoms with Crippen molar-refractivity contribution < 1.29 is 19.5 Å². The molecule has 1 aliphatic carbocycles. The van der Waals surface area contributed by atoms with Gasteiger partial charge < -0.3 is 20.6 Å². The molecule has 1 fully saturated rings. The molecule has 3 atom stereocenters. The first-order valence-electron chi connectivity index (χ1n) is 7.47. The topological polar surface area (TPSA) is 98.7 Å². The number of carbonyl (C=O) groups excluding carboxylic acids is 2. The number of aliphatic carboxylic acids is 1. The highest BCUT2D eigenvalue weighted by Gasteiger charge is 2.31. The van der Waals surface area contributed by atoms with Crippen LogP contribution in [-0.2, 0) is 9.59 Å². The van der Waals surface area contributed by atoms with Gasteiger partial charge in [0, 0.05) is 19.1 Å². The zero-order valence-corrected chi connectivity index (χ0v) is 12.9. The fourth-order valence-corrected chi connectivity index (χ4v) is 2.63. The molecule has 0 spiro atoms. The number of rotatable bonds is 6. The van der Waals surface area contributed by atoms with Crippen LogP contribution in [0.2, 0.25) is 0 Å². The Hall–Kier alpha value is -1.79. The van der Waals surface area contributed by atoms with E-state index in [1.807, 2.05) is 13.8 Å². The van der Waals surface area contributed by atoms with Crippen LogP contribution in [-0.4, -0.2) is 53.1 Å². The lowest BCUT2D eigenvalue weighted by atomic mass is 10.1. The van der Waals surface area contributed by atoms with Crippen LogP contribution in [0.15, 0.2) is 0 Å². The first-order valence-corrected chi connectivity index (χ1v) is 7.47. The van der Waals surface area contributed by atoms with Gasteiger partial charge in [-0.1, -0.05) is 0 Å². The summed E-state index contributed by atoms with van der Waals surface area (Å²) in [5, 5.41) is 14.3. The second-order valence-electron chi connectivity index (χ2n) is 5.40. The van der Waals surface area contributed by atoms with Gasteiger partial charge in [0.25, 0.3) is 0 Å². The Morgan fingerprint density at radius 2 is 1.86 bits per heavy atom. The van der Waals surface area contributed by atoms with Gasteiger partial charge in [0.2, 0.25) is 5.91 Å². The lowest BCUT2D eigenvalue weighted by Crippen LogP contribution is -2.51. The van der Waals surface area contributed by atoms with E-state index in [0.29, 0.717) is 32.4 Å². The van der Waals surface area contributed by atoms with E-state index in [1.54, 1.807) is 11.8 Å². The maximum Gasteiger partial charge on any atom is 0.315 e. The number of hydrogen-bond donors (Lipinski definition) is 3. The highest BCUT2D eigenvalue weighted by molar-refractivity contribution is 5.86. The van der Waals surface area contributed by atoms with Crippen LogP contribution in [0.5, 0.6) is 0 Å². The van der Waals surface area contributed by atoms with Crippen LogP contribution in [0, 0.1) is 5.92 Å². The predicted octanol–water partition coefficient (Wildman–Crippen LogP) is 0.796. The van der Waals surface area contributed by atoms with Gasteiger partial charge in [0.1, 0.15) is 6.04 Å². The van der Waals surface area contributed by atoms with Crippen molar-refractivity contribution in [3.63, 3.8) is 0 Å². The SMILES string of the molecule is CCN(CC)C(=O)C(C)NC(=O)N[C@H]1CC[C@@H](C(=O)O)C1. The fourth-order valence-electron chi connectivity index (χ4n) is 2.63. The Balaban J connectivity index is 2.40. The summed E-state index contributed by atoms with van der Waals surface area (Å²) in [6.45, 7) is 6.63. The number of carbonyl (C=O) groups is 3. The number of hydrogen-bond acceptors (Lipinski definition) is 3. The molecule has 0 aromatic rings. The Morgan fingerprint density at radius 3 is 2.33 bits per heavy atom.